The largest absolute Gasteiger partial charge is 0.508 e. The fourth-order valence-corrected chi connectivity index (χ4v) is 3.36. The van der Waals surface area contributed by atoms with E-state index in [2.05, 4.69) is 0 Å². The maximum atomic E-state index is 12.5. The summed E-state index contributed by atoms with van der Waals surface area (Å²) in [5.41, 5.74) is -0.173. The van der Waals surface area contributed by atoms with Gasteiger partial charge in [-0.15, -0.1) is 0 Å². The van der Waals surface area contributed by atoms with Crippen molar-refractivity contribution in [3.63, 3.8) is 0 Å². The van der Waals surface area contributed by atoms with E-state index in [0.717, 1.165) is 12.1 Å². The van der Waals surface area contributed by atoms with Gasteiger partial charge in [-0.1, -0.05) is 0 Å². The zero-order valence-electron chi connectivity index (χ0n) is 16.2. The normalized spacial score (nSPS) is 25.5. The van der Waals surface area contributed by atoms with Gasteiger partial charge in [-0.2, -0.15) is 0 Å². The number of benzene rings is 2. The lowest BCUT2D eigenvalue weighted by atomic mass is 9.99. The van der Waals surface area contributed by atoms with Crippen LogP contribution in [0.4, 0.5) is 0 Å². The van der Waals surface area contributed by atoms with Crippen molar-refractivity contribution in [3.8, 4) is 28.6 Å². The summed E-state index contributed by atoms with van der Waals surface area (Å²) in [7, 11) is 0. The minimum absolute atomic E-state index is 0.0169. The Hall–Kier alpha value is -3.64. The Kier molecular flexibility index (Phi) is 5.48. The van der Waals surface area contributed by atoms with E-state index in [1.165, 1.54) is 30.3 Å². The van der Waals surface area contributed by atoms with E-state index >= 15 is 0 Å². The van der Waals surface area contributed by atoms with E-state index in [-0.39, 0.29) is 28.2 Å². The summed E-state index contributed by atoms with van der Waals surface area (Å²) in [6.45, 7) is 0. The number of fused-ring (bicyclic) bond motifs is 1. The molecule has 0 saturated carbocycles. The molecule has 3 unspecified atom stereocenters. The van der Waals surface area contributed by atoms with Gasteiger partial charge in [0.1, 0.15) is 52.3 Å². The molecule has 2 heterocycles. The molecule has 6 N–H and O–H groups in total. The van der Waals surface area contributed by atoms with Gasteiger partial charge < -0.3 is 44.5 Å². The van der Waals surface area contributed by atoms with Crippen molar-refractivity contribution in [2.75, 3.05) is 0 Å². The standard InChI is InChI=1S/C21H18O11/c22-9-3-1-8(2-4-9)13-7-12(24)15-11(23)5-10(6-14(15)31-13)30-21-18(27)16(25)17(26)19(32-21)20(28)29/h1-7,16-19,21-23,25-27H,(H,28,29)/t16?,17-,18?,19?,21+/m0/s1. The SMILES string of the molecule is O=C(O)C1O[C@@H](Oc2cc(O)c3c(=O)cc(-c4ccc(O)cc4)oc3c2)C(O)C(O)[C@@H]1O. The molecule has 11 heteroatoms. The average Bonchev–Trinajstić information content (AvgIpc) is 2.73. The van der Waals surface area contributed by atoms with Crippen LogP contribution >= 0.6 is 0 Å². The van der Waals surface area contributed by atoms with Crippen LogP contribution in [0.5, 0.6) is 17.2 Å². The fourth-order valence-electron chi connectivity index (χ4n) is 3.36. The lowest BCUT2D eigenvalue weighted by Crippen LogP contribution is -2.61. The summed E-state index contributed by atoms with van der Waals surface area (Å²) in [4.78, 5) is 23.7. The van der Waals surface area contributed by atoms with Gasteiger partial charge in [0.15, 0.2) is 11.5 Å². The number of ether oxygens (including phenoxy) is 2. The van der Waals surface area contributed by atoms with Crippen LogP contribution in [0.1, 0.15) is 0 Å². The second-order valence-electron chi connectivity index (χ2n) is 7.19. The predicted molar refractivity (Wildman–Crippen MR) is 106 cm³/mol. The maximum absolute atomic E-state index is 12.5. The third kappa shape index (κ3) is 3.85. The number of aliphatic hydroxyl groups is 3. The average molecular weight is 446 g/mol. The molecule has 0 radical (unpaired) electrons. The number of phenols is 2. The molecule has 1 aliphatic heterocycles. The van der Waals surface area contributed by atoms with Gasteiger partial charge >= 0.3 is 5.97 Å². The number of aromatic hydroxyl groups is 2. The molecule has 0 aliphatic carbocycles. The van der Waals surface area contributed by atoms with Gasteiger partial charge in [-0.25, -0.2) is 4.79 Å². The van der Waals surface area contributed by atoms with Crippen LogP contribution in [-0.4, -0.2) is 67.3 Å². The molecule has 3 aromatic rings. The van der Waals surface area contributed by atoms with E-state index in [9.17, 15) is 35.1 Å². The van der Waals surface area contributed by atoms with Crippen molar-refractivity contribution in [1.82, 2.24) is 0 Å². The number of hydrogen-bond acceptors (Lipinski definition) is 10. The molecule has 2 aromatic carbocycles. The zero-order valence-corrected chi connectivity index (χ0v) is 16.2. The predicted octanol–water partition coefficient (Wildman–Crippen LogP) is 0.142. The lowest BCUT2D eigenvalue weighted by molar-refractivity contribution is -0.271. The molecule has 0 spiro atoms. The first-order valence-electron chi connectivity index (χ1n) is 9.35. The molecule has 4 rings (SSSR count). The van der Waals surface area contributed by atoms with Crippen LogP contribution in [0, 0.1) is 0 Å². The monoisotopic (exact) mass is 446 g/mol. The number of hydrogen-bond donors (Lipinski definition) is 6. The summed E-state index contributed by atoms with van der Waals surface area (Å²) in [5, 5.41) is 58.5. The van der Waals surface area contributed by atoms with E-state index < -0.39 is 47.9 Å². The lowest BCUT2D eigenvalue weighted by Gasteiger charge is -2.38. The van der Waals surface area contributed by atoms with Gasteiger partial charge in [-0.05, 0) is 24.3 Å². The number of aliphatic hydroxyl groups excluding tert-OH is 3. The zero-order chi connectivity index (χ0) is 23.2. The molecule has 5 atom stereocenters. The molecule has 168 valence electrons. The van der Waals surface area contributed by atoms with Crippen molar-refractivity contribution >= 4 is 16.9 Å². The highest BCUT2D eigenvalue weighted by Crippen LogP contribution is 2.33. The molecular weight excluding hydrogens is 428 g/mol. The third-order valence-corrected chi connectivity index (χ3v) is 5.00. The topological polar surface area (TPSA) is 187 Å². The summed E-state index contributed by atoms with van der Waals surface area (Å²) in [6.07, 6.45) is -9.15. The molecule has 32 heavy (non-hydrogen) atoms. The van der Waals surface area contributed by atoms with Gasteiger partial charge in [0.2, 0.25) is 6.29 Å². The quantitative estimate of drug-likeness (QED) is 0.320. The molecule has 1 fully saturated rings. The van der Waals surface area contributed by atoms with Crippen LogP contribution in [0.15, 0.2) is 51.7 Å². The van der Waals surface area contributed by atoms with Crippen molar-refractivity contribution < 1.29 is 49.3 Å². The maximum Gasteiger partial charge on any atom is 0.335 e. The van der Waals surface area contributed by atoms with Gasteiger partial charge in [0, 0.05) is 23.8 Å². The highest BCUT2D eigenvalue weighted by atomic mass is 16.7. The number of carboxylic acids is 1. The summed E-state index contributed by atoms with van der Waals surface area (Å²) in [5.74, 6) is -2.11. The second kappa shape index (κ2) is 8.13. The Bertz CT molecular complexity index is 1220. The molecule has 1 saturated heterocycles. The number of carboxylic acid groups (broad SMARTS) is 1. The molecule has 1 aromatic heterocycles. The van der Waals surface area contributed by atoms with E-state index in [4.69, 9.17) is 19.0 Å². The van der Waals surface area contributed by atoms with Gasteiger partial charge in [0.05, 0.1) is 0 Å². The summed E-state index contributed by atoms with van der Waals surface area (Å²) >= 11 is 0. The number of aliphatic carboxylic acids is 1. The summed E-state index contributed by atoms with van der Waals surface area (Å²) in [6, 6.07) is 9.24. The highest BCUT2D eigenvalue weighted by Gasteiger charge is 2.48. The Morgan fingerprint density at radius 3 is 2.28 bits per heavy atom. The van der Waals surface area contributed by atoms with E-state index in [0.29, 0.717) is 5.56 Å². The first-order valence-corrected chi connectivity index (χ1v) is 9.35. The molecule has 1 aliphatic rings. The van der Waals surface area contributed by atoms with Crippen LogP contribution in [0.3, 0.4) is 0 Å². The van der Waals surface area contributed by atoms with Crippen molar-refractivity contribution in [1.29, 1.82) is 0 Å². The Balaban J connectivity index is 1.71. The third-order valence-electron chi connectivity index (χ3n) is 5.00. The number of rotatable bonds is 4. The fraction of sp³-hybridized carbons (Fsp3) is 0.238. The Morgan fingerprint density at radius 1 is 0.938 bits per heavy atom. The molecule has 0 bridgehead atoms. The Morgan fingerprint density at radius 2 is 1.62 bits per heavy atom. The first kappa shape index (κ1) is 21.6. The van der Waals surface area contributed by atoms with Crippen LogP contribution in [0.2, 0.25) is 0 Å². The van der Waals surface area contributed by atoms with Crippen molar-refractivity contribution in [2.45, 2.75) is 30.7 Å². The molecule has 11 nitrogen and oxygen atoms in total. The second-order valence-corrected chi connectivity index (χ2v) is 7.19. The van der Waals surface area contributed by atoms with Crippen LogP contribution in [-0.2, 0) is 9.53 Å². The number of phenolic OH excluding ortho intramolecular Hbond substituents is 2. The van der Waals surface area contributed by atoms with Crippen LogP contribution < -0.4 is 10.2 Å². The van der Waals surface area contributed by atoms with Gasteiger partial charge in [-0.3, -0.25) is 4.79 Å². The van der Waals surface area contributed by atoms with E-state index in [1.807, 2.05) is 0 Å². The van der Waals surface area contributed by atoms with Crippen molar-refractivity contribution in [2.24, 2.45) is 0 Å². The van der Waals surface area contributed by atoms with Crippen molar-refractivity contribution in [3.05, 3.63) is 52.7 Å². The smallest absolute Gasteiger partial charge is 0.335 e. The summed E-state index contributed by atoms with van der Waals surface area (Å²) < 4.78 is 16.1. The highest BCUT2D eigenvalue weighted by molar-refractivity contribution is 5.86. The number of carbonyl (C=O) groups is 1. The van der Waals surface area contributed by atoms with Gasteiger partial charge in [0.25, 0.3) is 0 Å². The van der Waals surface area contributed by atoms with Crippen LogP contribution in [0.25, 0.3) is 22.3 Å². The minimum Gasteiger partial charge on any atom is -0.508 e. The Labute approximate surface area is 178 Å². The van der Waals surface area contributed by atoms with E-state index in [1.54, 1.807) is 0 Å². The molecular formula is C21H18O11. The minimum atomic E-state index is -1.89. The molecule has 0 amide bonds. The first-order chi connectivity index (χ1) is 15.2.